The van der Waals surface area contributed by atoms with Crippen molar-refractivity contribution in [2.45, 2.75) is 0 Å². The van der Waals surface area contributed by atoms with Crippen LogP contribution in [0.5, 0.6) is 0 Å². The molecule has 1 aromatic rings. The van der Waals surface area contributed by atoms with Gasteiger partial charge in [-0.25, -0.2) is 4.98 Å². The van der Waals surface area contributed by atoms with Crippen molar-refractivity contribution in [3.05, 3.63) is 29.0 Å². The normalized spacial score (nSPS) is 16.0. The number of amides is 2. The van der Waals surface area contributed by atoms with Crippen LogP contribution in [-0.2, 0) is 4.79 Å². The molecule has 2 heterocycles. The monoisotopic (exact) mass is 296 g/mol. The van der Waals surface area contributed by atoms with Crippen LogP contribution in [0.2, 0.25) is 5.15 Å². The molecular weight excluding hydrogens is 280 g/mol. The lowest BCUT2D eigenvalue weighted by Gasteiger charge is -2.34. The van der Waals surface area contributed by atoms with Gasteiger partial charge in [-0.15, -0.1) is 0 Å². The molecule has 2 amide bonds. The number of hydrogen-bond donors (Lipinski definition) is 1. The van der Waals surface area contributed by atoms with E-state index >= 15 is 0 Å². The number of hydrogen-bond acceptors (Lipinski definition) is 4. The summed E-state index contributed by atoms with van der Waals surface area (Å²) >= 11 is 5.79. The fourth-order valence-corrected chi connectivity index (χ4v) is 2.28. The van der Waals surface area contributed by atoms with Crippen LogP contribution >= 0.6 is 11.6 Å². The van der Waals surface area contributed by atoms with Gasteiger partial charge in [0.1, 0.15) is 5.15 Å². The minimum absolute atomic E-state index is 0.00862. The standard InChI is InChI=1S/C13H17ClN4O2/c1-15-12(19)9-17-4-6-18(7-5-17)13(20)10-2-3-16-11(14)8-10/h2-3,8H,4-7,9H2,1H3,(H,15,19). The lowest BCUT2D eigenvalue weighted by Crippen LogP contribution is -2.50. The fraction of sp³-hybridized carbons (Fsp3) is 0.462. The minimum atomic E-state index is -0.0473. The highest BCUT2D eigenvalue weighted by Gasteiger charge is 2.23. The number of carbonyl (C=O) groups is 2. The number of rotatable bonds is 3. The molecule has 0 spiro atoms. The quantitative estimate of drug-likeness (QED) is 0.812. The Morgan fingerprint density at radius 2 is 2.05 bits per heavy atom. The van der Waals surface area contributed by atoms with Crippen molar-refractivity contribution in [3.63, 3.8) is 0 Å². The van der Waals surface area contributed by atoms with Gasteiger partial charge < -0.3 is 10.2 Å². The van der Waals surface area contributed by atoms with Crippen LogP contribution in [0.4, 0.5) is 0 Å². The third kappa shape index (κ3) is 3.68. The van der Waals surface area contributed by atoms with Crippen molar-refractivity contribution < 1.29 is 9.59 Å². The molecule has 0 atom stereocenters. The van der Waals surface area contributed by atoms with E-state index in [1.165, 1.54) is 6.20 Å². The Balaban J connectivity index is 1.90. The highest BCUT2D eigenvalue weighted by Crippen LogP contribution is 2.11. The van der Waals surface area contributed by atoms with E-state index in [4.69, 9.17) is 11.6 Å². The van der Waals surface area contributed by atoms with Crippen molar-refractivity contribution >= 4 is 23.4 Å². The minimum Gasteiger partial charge on any atom is -0.358 e. The number of pyridine rings is 1. The number of nitrogens with one attached hydrogen (secondary N) is 1. The highest BCUT2D eigenvalue weighted by atomic mass is 35.5. The van der Waals surface area contributed by atoms with E-state index in [1.54, 1.807) is 24.1 Å². The first-order valence-electron chi connectivity index (χ1n) is 6.44. The molecule has 0 bridgehead atoms. The predicted molar refractivity (Wildman–Crippen MR) is 75.7 cm³/mol. The first-order valence-corrected chi connectivity index (χ1v) is 6.81. The SMILES string of the molecule is CNC(=O)CN1CCN(C(=O)c2ccnc(Cl)c2)CC1. The molecule has 0 saturated carbocycles. The largest absolute Gasteiger partial charge is 0.358 e. The molecule has 0 unspecified atom stereocenters. The summed E-state index contributed by atoms with van der Waals surface area (Å²) in [5.41, 5.74) is 0.546. The molecule has 1 aliphatic heterocycles. The zero-order chi connectivity index (χ0) is 14.5. The maximum Gasteiger partial charge on any atom is 0.254 e. The number of piperazine rings is 1. The summed E-state index contributed by atoms with van der Waals surface area (Å²) < 4.78 is 0. The molecule has 108 valence electrons. The van der Waals surface area contributed by atoms with Gasteiger partial charge in [0, 0.05) is 45.0 Å². The Labute approximate surface area is 122 Å². The van der Waals surface area contributed by atoms with Gasteiger partial charge in [0.2, 0.25) is 5.91 Å². The zero-order valence-corrected chi connectivity index (χ0v) is 12.1. The van der Waals surface area contributed by atoms with E-state index < -0.39 is 0 Å². The summed E-state index contributed by atoms with van der Waals surface area (Å²) in [6, 6.07) is 3.23. The Kier molecular flexibility index (Phi) is 4.92. The third-order valence-corrected chi connectivity index (χ3v) is 3.49. The molecule has 1 aliphatic rings. The van der Waals surface area contributed by atoms with Gasteiger partial charge in [-0.1, -0.05) is 11.6 Å². The lowest BCUT2D eigenvalue weighted by molar-refractivity contribution is -0.122. The Hall–Kier alpha value is -1.66. The molecule has 20 heavy (non-hydrogen) atoms. The molecule has 0 aromatic carbocycles. The molecule has 1 saturated heterocycles. The van der Waals surface area contributed by atoms with E-state index in [-0.39, 0.29) is 11.8 Å². The van der Waals surface area contributed by atoms with Gasteiger partial charge >= 0.3 is 0 Å². The maximum absolute atomic E-state index is 12.3. The van der Waals surface area contributed by atoms with Gasteiger partial charge in [0.15, 0.2) is 0 Å². The third-order valence-electron chi connectivity index (χ3n) is 3.28. The smallest absolute Gasteiger partial charge is 0.254 e. The van der Waals surface area contributed by atoms with Gasteiger partial charge in [-0.2, -0.15) is 0 Å². The predicted octanol–water partition coefficient (Wildman–Crippen LogP) is 0.239. The number of likely N-dealkylation sites (N-methyl/N-ethyl adjacent to an activating group) is 1. The van der Waals surface area contributed by atoms with E-state index in [9.17, 15) is 9.59 Å². The van der Waals surface area contributed by atoms with Crippen LogP contribution < -0.4 is 5.32 Å². The fourth-order valence-electron chi connectivity index (χ4n) is 2.11. The summed E-state index contributed by atoms with van der Waals surface area (Å²) in [6.07, 6.45) is 1.53. The van der Waals surface area contributed by atoms with Crippen molar-refractivity contribution in [2.24, 2.45) is 0 Å². The molecule has 1 N–H and O–H groups in total. The van der Waals surface area contributed by atoms with E-state index in [0.29, 0.717) is 43.4 Å². The number of halogens is 1. The maximum atomic E-state index is 12.3. The van der Waals surface area contributed by atoms with Crippen molar-refractivity contribution in [2.75, 3.05) is 39.8 Å². The lowest BCUT2D eigenvalue weighted by atomic mass is 10.2. The zero-order valence-electron chi connectivity index (χ0n) is 11.3. The number of aromatic nitrogens is 1. The molecular formula is C13H17ClN4O2. The van der Waals surface area contributed by atoms with Crippen LogP contribution in [0, 0.1) is 0 Å². The summed E-state index contributed by atoms with van der Waals surface area (Å²) in [7, 11) is 1.62. The van der Waals surface area contributed by atoms with Gasteiger partial charge in [0.05, 0.1) is 6.54 Å². The van der Waals surface area contributed by atoms with Crippen molar-refractivity contribution in [1.29, 1.82) is 0 Å². The highest BCUT2D eigenvalue weighted by molar-refractivity contribution is 6.29. The molecule has 1 aromatic heterocycles. The Morgan fingerprint density at radius 1 is 1.35 bits per heavy atom. The second-order valence-electron chi connectivity index (χ2n) is 4.61. The summed E-state index contributed by atoms with van der Waals surface area (Å²) in [6.45, 7) is 2.97. The van der Waals surface area contributed by atoms with Gasteiger partial charge in [0.25, 0.3) is 5.91 Å². The van der Waals surface area contributed by atoms with Crippen LogP contribution in [0.3, 0.4) is 0 Å². The van der Waals surface area contributed by atoms with Gasteiger partial charge in [-0.3, -0.25) is 14.5 Å². The van der Waals surface area contributed by atoms with Crippen LogP contribution in [0.25, 0.3) is 0 Å². The average Bonchev–Trinajstić information content (AvgIpc) is 2.47. The van der Waals surface area contributed by atoms with Crippen LogP contribution in [0.1, 0.15) is 10.4 Å². The first kappa shape index (κ1) is 14.7. The average molecular weight is 297 g/mol. The molecule has 1 fully saturated rings. The molecule has 0 aliphatic carbocycles. The first-order chi connectivity index (χ1) is 9.60. The second-order valence-corrected chi connectivity index (χ2v) is 5.00. The second kappa shape index (κ2) is 6.67. The van der Waals surface area contributed by atoms with E-state index in [1.807, 2.05) is 4.90 Å². The summed E-state index contributed by atoms with van der Waals surface area (Å²) in [5, 5.41) is 2.91. The summed E-state index contributed by atoms with van der Waals surface area (Å²) in [4.78, 5) is 31.2. The van der Waals surface area contributed by atoms with Crippen molar-refractivity contribution in [3.8, 4) is 0 Å². The summed E-state index contributed by atoms with van der Waals surface area (Å²) in [5.74, 6) is -0.0559. The number of nitrogens with zero attached hydrogens (tertiary/aromatic N) is 3. The van der Waals surface area contributed by atoms with E-state index in [2.05, 4.69) is 10.3 Å². The Bertz CT molecular complexity index is 501. The van der Waals surface area contributed by atoms with Crippen LogP contribution in [-0.4, -0.2) is 66.4 Å². The van der Waals surface area contributed by atoms with Gasteiger partial charge in [-0.05, 0) is 12.1 Å². The topological polar surface area (TPSA) is 65.5 Å². The molecule has 2 rings (SSSR count). The van der Waals surface area contributed by atoms with Crippen LogP contribution in [0.15, 0.2) is 18.3 Å². The van der Waals surface area contributed by atoms with E-state index in [0.717, 1.165) is 0 Å². The molecule has 0 radical (unpaired) electrons. The molecule has 7 heteroatoms. The number of carbonyl (C=O) groups excluding carboxylic acids is 2. The molecule has 6 nitrogen and oxygen atoms in total. The van der Waals surface area contributed by atoms with Crippen molar-refractivity contribution in [1.82, 2.24) is 20.1 Å². The Morgan fingerprint density at radius 3 is 2.65 bits per heavy atom.